The van der Waals surface area contributed by atoms with E-state index >= 15 is 0 Å². The van der Waals surface area contributed by atoms with Crippen LogP contribution in [0.2, 0.25) is 0 Å². The number of hydrogen-bond donors (Lipinski definition) is 2. The Bertz CT molecular complexity index is 296. The first-order valence-corrected chi connectivity index (χ1v) is 6.13. The number of aliphatic carboxylic acids is 1. The molecule has 1 aliphatic rings. The normalized spacial score (nSPS) is 17.6. The second-order valence-electron chi connectivity index (χ2n) is 5.26. The first kappa shape index (κ1) is 13.8. The predicted octanol–water partition coefficient (Wildman–Crippen LogP) is 1.82. The summed E-state index contributed by atoms with van der Waals surface area (Å²) in [5, 5.41) is 11.5. The number of amides is 2. The Balaban J connectivity index is 2.54. The summed E-state index contributed by atoms with van der Waals surface area (Å²) in [5.74, 6) is -1.03. The van der Waals surface area contributed by atoms with Crippen molar-refractivity contribution in [3.63, 3.8) is 0 Å². The Labute approximate surface area is 102 Å². The average Bonchev–Trinajstić information content (AvgIpc) is 2.28. The Kier molecular flexibility index (Phi) is 4.37. The Morgan fingerprint density at radius 2 is 1.76 bits per heavy atom. The fraction of sp³-hybridized carbons (Fsp3) is 0.833. The van der Waals surface area contributed by atoms with Crippen molar-refractivity contribution in [3.05, 3.63) is 0 Å². The quantitative estimate of drug-likeness (QED) is 0.793. The van der Waals surface area contributed by atoms with Crippen LogP contribution in [0, 0.1) is 0 Å². The van der Waals surface area contributed by atoms with E-state index in [4.69, 9.17) is 5.11 Å². The zero-order valence-electron chi connectivity index (χ0n) is 10.8. The summed E-state index contributed by atoms with van der Waals surface area (Å²) >= 11 is 0. The van der Waals surface area contributed by atoms with Crippen LogP contribution in [-0.4, -0.2) is 40.6 Å². The summed E-state index contributed by atoms with van der Waals surface area (Å²) in [5.41, 5.74) is -1.22. The average molecular weight is 242 g/mol. The lowest BCUT2D eigenvalue weighted by Crippen LogP contribution is -2.55. The van der Waals surface area contributed by atoms with Gasteiger partial charge in [0, 0.05) is 13.1 Å². The molecule has 0 atom stereocenters. The molecular formula is C12H22N2O3. The largest absolute Gasteiger partial charge is 0.480 e. The molecule has 2 N–H and O–H groups in total. The maximum Gasteiger partial charge on any atom is 0.328 e. The molecule has 5 nitrogen and oxygen atoms in total. The summed E-state index contributed by atoms with van der Waals surface area (Å²) in [6.45, 7) is 2.98. The molecular weight excluding hydrogens is 220 g/mol. The zero-order valence-corrected chi connectivity index (χ0v) is 10.8. The number of carbonyl (C=O) groups excluding carboxylic acids is 1. The van der Waals surface area contributed by atoms with Gasteiger partial charge < -0.3 is 15.3 Å². The maximum absolute atomic E-state index is 11.9. The van der Waals surface area contributed by atoms with E-state index in [1.807, 2.05) is 0 Å². The number of nitrogens with zero attached hydrogens (tertiary/aromatic N) is 1. The molecule has 0 radical (unpaired) electrons. The molecule has 1 aliphatic carbocycles. The lowest BCUT2D eigenvalue weighted by atomic mass is 9.94. The molecule has 2 amide bonds. The fourth-order valence-electron chi connectivity index (χ4n) is 2.04. The van der Waals surface area contributed by atoms with Gasteiger partial charge in [-0.15, -0.1) is 0 Å². The number of carboxylic acids is 1. The monoisotopic (exact) mass is 242 g/mol. The topological polar surface area (TPSA) is 69.6 Å². The van der Waals surface area contributed by atoms with Crippen molar-refractivity contribution < 1.29 is 14.7 Å². The van der Waals surface area contributed by atoms with Gasteiger partial charge in [-0.05, 0) is 26.7 Å². The molecule has 0 spiro atoms. The third-order valence-electron chi connectivity index (χ3n) is 3.40. The van der Waals surface area contributed by atoms with Crippen LogP contribution in [0.3, 0.4) is 0 Å². The van der Waals surface area contributed by atoms with Gasteiger partial charge in [0.1, 0.15) is 5.54 Å². The third kappa shape index (κ3) is 3.61. The van der Waals surface area contributed by atoms with Crippen molar-refractivity contribution in [1.82, 2.24) is 10.2 Å². The van der Waals surface area contributed by atoms with E-state index in [9.17, 15) is 9.59 Å². The molecule has 0 aromatic carbocycles. The van der Waals surface area contributed by atoms with E-state index in [-0.39, 0.29) is 12.1 Å². The smallest absolute Gasteiger partial charge is 0.328 e. The lowest BCUT2D eigenvalue weighted by Gasteiger charge is -2.33. The number of rotatable bonds is 3. The maximum atomic E-state index is 11.9. The van der Waals surface area contributed by atoms with Crippen LogP contribution in [-0.2, 0) is 4.79 Å². The second-order valence-corrected chi connectivity index (χ2v) is 5.26. The van der Waals surface area contributed by atoms with E-state index in [1.165, 1.54) is 20.3 Å². The van der Waals surface area contributed by atoms with Gasteiger partial charge in [-0.2, -0.15) is 0 Å². The van der Waals surface area contributed by atoms with E-state index < -0.39 is 11.5 Å². The van der Waals surface area contributed by atoms with Crippen LogP contribution in [0.4, 0.5) is 4.79 Å². The van der Waals surface area contributed by atoms with Gasteiger partial charge in [0.2, 0.25) is 0 Å². The summed E-state index contributed by atoms with van der Waals surface area (Å²) < 4.78 is 0. The summed E-state index contributed by atoms with van der Waals surface area (Å²) in [7, 11) is 1.74. The molecule has 0 bridgehead atoms. The minimum atomic E-state index is -1.22. The zero-order chi connectivity index (χ0) is 13.1. The molecule has 1 fully saturated rings. The van der Waals surface area contributed by atoms with Gasteiger partial charge in [-0.3, -0.25) is 0 Å². The molecule has 1 rings (SSSR count). The van der Waals surface area contributed by atoms with E-state index in [0.717, 1.165) is 25.7 Å². The van der Waals surface area contributed by atoms with Crippen molar-refractivity contribution in [2.45, 2.75) is 57.5 Å². The molecule has 0 saturated heterocycles. The van der Waals surface area contributed by atoms with Crippen LogP contribution in [0.5, 0.6) is 0 Å². The van der Waals surface area contributed by atoms with Gasteiger partial charge in [0.15, 0.2) is 0 Å². The summed E-state index contributed by atoms with van der Waals surface area (Å²) in [6.07, 6.45) is 5.54. The highest BCUT2D eigenvalue weighted by molar-refractivity contribution is 5.85. The summed E-state index contributed by atoms with van der Waals surface area (Å²) in [6, 6.07) is -0.0577. The Hall–Kier alpha value is -1.26. The Morgan fingerprint density at radius 1 is 1.24 bits per heavy atom. The van der Waals surface area contributed by atoms with Crippen LogP contribution in [0.1, 0.15) is 46.0 Å². The van der Waals surface area contributed by atoms with Crippen molar-refractivity contribution in [2.75, 3.05) is 7.05 Å². The minimum absolute atomic E-state index is 0.244. The number of nitrogens with one attached hydrogen (secondary N) is 1. The minimum Gasteiger partial charge on any atom is -0.480 e. The van der Waals surface area contributed by atoms with Crippen molar-refractivity contribution >= 4 is 12.0 Å². The molecule has 0 aromatic heterocycles. The van der Waals surface area contributed by atoms with Crippen LogP contribution < -0.4 is 5.32 Å². The van der Waals surface area contributed by atoms with E-state index in [2.05, 4.69) is 5.32 Å². The molecule has 1 saturated carbocycles. The SMILES string of the molecule is CN(C(=O)NC(C)(C)C(=O)O)C1CCCCC1. The van der Waals surface area contributed by atoms with Crippen molar-refractivity contribution in [3.8, 4) is 0 Å². The lowest BCUT2D eigenvalue weighted by molar-refractivity contribution is -0.143. The Morgan fingerprint density at radius 3 is 2.24 bits per heavy atom. The number of hydrogen-bond acceptors (Lipinski definition) is 2. The van der Waals surface area contributed by atoms with Crippen LogP contribution in [0.15, 0.2) is 0 Å². The number of urea groups is 1. The van der Waals surface area contributed by atoms with Crippen LogP contribution in [0.25, 0.3) is 0 Å². The highest BCUT2D eigenvalue weighted by atomic mass is 16.4. The standard InChI is InChI=1S/C12H22N2O3/c1-12(2,10(15)16)13-11(17)14(3)9-7-5-4-6-8-9/h9H,4-8H2,1-3H3,(H,13,17)(H,15,16). The van der Waals surface area contributed by atoms with E-state index in [0.29, 0.717) is 0 Å². The molecule has 98 valence electrons. The summed E-state index contributed by atoms with van der Waals surface area (Å²) in [4.78, 5) is 24.5. The number of carboxylic acid groups (broad SMARTS) is 1. The van der Waals surface area contributed by atoms with Crippen molar-refractivity contribution in [2.24, 2.45) is 0 Å². The molecule has 17 heavy (non-hydrogen) atoms. The first-order chi connectivity index (χ1) is 7.84. The molecule has 0 unspecified atom stereocenters. The number of carbonyl (C=O) groups is 2. The predicted molar refractivity (Wildman–Crippen MR) is 64.9 cm³/mol. The van der Waals surface area contributed by atoms with Crippen molar-refractivity contribution in [1.29, 1.82) is 0 Å². The molecule has 0 heterocycles. The highest BCUT2D eigenvalue weighted by Gasteiger charge is 2.31. The first-order valence-electron chi connectivity index (χ1n) is 6.13. The van der Waals surface area contributed by atoms with Gasteiger partial charge in [0.25, 0.3) is 0 Å². The fourth-order valence-corrected chi connectivity index (χ4v) is 2.04. The van der Waals surface area contributed by atoms with Gasteiger partial charge in [0.05, 0.1) is 0 Å². The van der Waals surface area contributed by atoms with E-state index in [1.54, 1.807) is 11.9 Å². The molecule has 0 aromatic rings. The van der Waals surface area contributed by atoms with Gasteiger partial charge in [-0.25, -0.2) is 9.59 Å². The second kappa shape index (κ2) is 5.38. The molecule has 0 aliphatic heterocycles. The molecule has 5 heteroatoms. The third-order valence-corrected chi connectivity index (χ3v) is 3.40. The van der Waals surface area contributed by atoms with Crippen LogP contribution >= 0.6 is 0 Å². The van der Waals surface area contributed by atoms with Gasteiger partial charge in [-0.1, -0.05) is 19.3 Å². The van der Waals surface area contributed by atoms with Gasteiger partial charge >= 0.3 is 12.0 Å². The highest BCUT2D eigenvalue weighted by Crippen LogP contribution is 2.21.